The van der Waals surface area contributed by atoms with Gasteiger partial charge in [0.15, 0.2) is 0 Å². The molecule has 0 aromatic heterocycles. The van der Waals surface area contributed by atoms with Gasteiger partial charge >= 0.3 is 12.1 Å². The Bertz CT molecular complexity index is 773. The summed E-state index contributed by atoms with van der Waals surface area (Å²) in [7, 11) is 0. The summed E-state index contributed by atoms with van der Waals surface area (Å²) < 4.78 is 43.0. The first-order valence-corrected chi connectivity index (χ1v) is 6.05. The number of nitro benzene ring substituents is 1. The molecular weight excluding hydrogens is 319 g/mol. The summed E-state index contributed by atoms with van der Waals surface area (Å²) in [6, 6.07) is 6.85. The molecule has 0 aliphatic heterocycles. The highest BCUT2D eigenvalue weighted by atomic mass is 19.4. The van der Waals surface area contributed by atoms with Crippen molar-refractivity contribution in [1.82, 2.24) is 0 Å². The number of ether oxygens (including phenoxy) is 1. The lowest BCUT2D eigenvalue weighted by molar-refractivity contribution is -0.385. The van der Waals surface area contributed by atoms with Crippen molar-refractivity contribution in [2.45, 2.75) is 6.18 Å². The van der Waals surface area contributed by atoms with Crippen LogP contribution in [-0.4, -0.2) is 16.0 Å². The number of carbonyl (C=O) groups is 1. The SMILES string of the molecule is O=C(O)c1cc(Oc2cccc(C(F)(F)F)c2)ccc1[N+](=O)[O-]. The van der Waals surface area contributed by atoms with Gasteiger partial charge in [-0.15, -0.1) is 0 Å². The van der Waals surface area contributed by atoms with Crippen molar-refractivity contribution >= 4 is 11.7 Å². The van der Waals surface area contributed by atoms with Crippen molar-refractivity contribution in [3.63, 3.8) is 0 Å². The lowest BCUT2D eigenvalue weighted by atomic mass is 10.1. The van der Waals surface area contributed by atoms with Gasteiger partial charge in [-0.1, -0.05) is 6.07 Å². The van der Waals surface area contributed by atoms with Crippen LogP contribution in [0.1, 0.15) is 15.9 Å². The molecule has 0 amide bonds. The summed E-state index contributed by atoms with van der Waals surface area (Å²) in [5.74, 6) is -1.86. The number of hydrogen-bond donors (Lipinski definition) is 1. The number of halogens is 3. The highest BCUT2D eigenvalue weighted by Gasteiger charge is 2.30. The zero-order valence-corrected chi connectivity index (χ0v) is 11.2. The number of aromatic carboxylic acids is 1. The van der Waals surface area contributed by atoms with E-state index in [0.717, 1.165) is 36.4 Å². The molecular formula is C14H8F3NO5. The Hall–Kier alpha value is -3.10. The highest BCUT2D eigenvalue weighted by Crippen LogP contribution is 2.33. The zero-order chi connectivity index (χ0) is 17.2. The zero-order valence-electron chi connectivity index (χ0n) is 11.2. The minimum atomic E-state index is -4.55. The van der Waals surface area contributed by atoms with Crippen LogP contribution >= 0.6 is 0 Å². The van der Waals surface area contributed by atoms with E-state index in [4.69, 9.17) is 9.84 Å². The second kappa shape index (κ2) is 5.95. The third kappa shape index (κ3) is 3.76. The van der Waals surface area contributed by atoms with Crippen molar-refractivity contribution in [3.8, 4) is 11.5 Å². The Labute approximate surface area is 126 Å². The largest absolute Gasteiger partial charge is 0.477 e. The van der Waals surface area contributed by atoms with E-state index in [-0.39, 0.29) is 11.5 Å². The van der Waals surface area contributed by atoms with Gasteiger partial charge in [-0.25, -0.2) is 4.79 Å². The van der Waals surface area contributed by atoms with E-state index in [1.54, 1.807) is 0 Å². The van der Waals surface area contributed by atoms with Crippen LogP contribution in [0.3, 0.4) is 0 Å². The predicted octanol–water partition coefficient (Wildman–Crippen LogP) is 4.10. The van der Waals surface area contributed by atoms with Crippen LogP contribution in [0, 0.1) is 10.1 Å². The first kappa shape index (κ1) is 16.3. The molecule has 0 saturated heterocycles. The Kier molecular flexibility index (Phi) is 4.21. The molecule has 0 heterocycles. The molecule has 0 radical (unpaired) electrons. The van der Waals surface area contributed by atoms with Gasteiger partial charge in [0.25, 0.3) is 5.69 Å². The highest BCUT2D eigenvalue weighted by molar-refractivity contribution is 5.92. The van der Waals surface area contributed by atoms with E-state index < -0.39 is 33.9 Å². The van der Waals surface area contributed by atoms with Crippen LogP contribution in [0.4, 0.5) is 18.9 Å². The number of alkyl halides is 3. The van der Waals surface area contributed by atoms with Crippen LogP contribution in [0.15, 0.2) is 42.5 Å². The number of benzene rings is 2. The number of nitrogens with zero attached hydrogens (tertiary/aromatic N) is 1. The third-order valence-corrected chi connectivity index (χ3v) is 2.79. The van der Waals surface area contributed by atoms with Gasteiger partial charge in [-0.05, 0) is 24.3 Å². The molecule has 0 aliphatic carbocycles. The van der Waals surface area contributed by atoms with Crippen LogP contribution in [-0.2, 0) is 6.18 Å². The van der Waals surface area contributed by atoms with Gasteiger partial charge in [-0.3, -0.25) is 10.1 Å². The normalized spacial score (nSPS) is 11.1. The molecule has 2 aromatic rings. The minimum Gasteiger partial charge on any atom is -0.477 e. The van der Waals surface area contributed by atoms with E-state index in [1.807, 2.05) is 0 Å². The Morgan fingerprint density at radius 1 is 1.13 bits per heavy atom. The summed E-state index contributed by atoms with van der Waals surface area (Å²) in [5, 5.41) is 19.7. The molecule has 0 unspecified atom stereocenters. The van der Waals surface area contributed by atoms with Crippen molar-refractivity contribution in [2.75, 3.05) is 0 Å². The lowest BCUT2D eigenvalue weighted by Crippen LogP contribution is -2.05. The number of hydrogen-bond acceptors (Lipinski definition) is 4. The van der Waals surface area contributed by atoms with Gasteiger partial charge in [0, 0.05) is 12.1 Å². The maximum atomic E-state index is 12.6. The summed E-state index contributed by atoms with van der Waals surface area (Å²) >= 11 is 0. The molecule has 0 aliphatic rings. The molecule has 6 nitrogen and oxygen atoms in total. The van der Waals surface area contributed by atoms with Crippen LogP contribution in [0.25, 0.3) is 0 Å². The van der Waals surface area contributed by atoms with E-state index in [0.29, 0.717) is 0 Å². The van der Waals surface area contributed by atoms with Crippen LogP contribution in [0.2, 0.25) is 0 Å². The summed E-state index contributed by atoms with van der Waals surface area (Å²) in [5.41, 5.74) is -2.20. The second-order valence-electron chi connectivity index (χ2n) is 4.37. The number of rotatable bonds is 4. The minimum absolute atomic E-state index is 0.132. The van der Waals surface area contributed by atoms with E-state index in [9.17, 15) is 28.1 Å². The molecule has 0 spiro atoms. The maximum absolute atomic E-state index is 12.6. The molecule has 0 atom stereocenters. The van der Waals surface area contributed by atoms with Crippen molar-refractivity contribution < 1.29 is 32.7 Å². The molecule has 0 bridgehead atoms. The fourth-order valence-corrected chi connectivity index (χ4v) is 1.78. The predicted molar refractivity (Wildman–Crippen MR) is 71.6 cm³/mol. The molecule has 0 saturated carbocycles. The molecule has 23 heavy (non-hydrogen) atoms. The van der Waals surface area contributed by atoms with Crippen molar-refractivity contribution in [2.24, 2.45) is 0 Å². The van der Waals surface area contributed by atoms with Crippen LogP contribution < -0.4 is 4.74 Å². The average molecular weight is 327 g/mol. The monoisotopic (exact) mass is 327 g/mol. The summed E-state index contributed by atoms with van der Waals surface area (Å²) in [4.78, 5) is 20.9. The van der Waals surface area contributed by atoms with E-state index >= 15 is 0 Å². The van der Waals surface area contributed by atoms with Gasteiger partial charge in [0.05, 0.1) is 10.5 Å². The number of carboxylic acids is 1. The Balaban J connectivity index is 2.36. The molecule has 1 N–H and O–H groups in total. The van der Waals surface area contributed by atoms with E-state index in [1.165, 1.54) is 6.07 Å². The van der Waals surface area contributed by atoms with E-state index in [2.05, 4.69) is 0 Å². The first-order chi connectivity index (χ1) is 10.7. The Morgan fingerprint density at radius 2 is 1.78 bits per heavy atom. The fourth-order valence-electron chi connectivity index (χ4n) is 1.78. The molecule has 120 valence electrons. The average Bonchev–Trinajstić information content (AvgIpc) is 2.46. The van der Waals surface area contributed by atoms with Crippen molar-refractivity contribution in [1.29, 1.82) is 0 Å². The molecule has 9 heteroatoms. The van der Waals surface area contributed by atoms with Gasteiger partial charge in [0.1, 0.15) is 17.1 Å². The molecule has 2 aromatic carbocycles. The van der Waals surface area contributed by atoms with Gasteiger partial charge < -0.3 is 9.84 Å². The maximum Gasteiger partial charge on any atom is 0.416 e. The van der Waals surface area contributed by atoms with Crippen molar-refractivity contribution in [3.05, 3.63) is 63.7 Å². The summed E-state index contributed by atoms with van der Waals surface area (Å²) in [6.07, 6.45) is -4.55. The topological polar surface area (TPSA) is 89.7 Å². The lowest BCUT2D eigenvalue weighted by Gasteiger charge is -2.10. The fraction of sp³-hybridized carbons (Fsp3) is 0.0714. The standard InChI is InChI=1S/C14H8F3NO5/c15-14(16,17)8-2-1-3-9(6-8)23-10-4-5-12(18(21)22)11(7-10)13(19)20/h1-7H,(H,19,20). The number of nitro groups is 1. The molecule has 0 fully saturated rings. The summed E-state index contributed by atoms with van der Waals surface area (Å²) in [6.45, 7) is 0. The Morgan fingerprint density at radius 3 is 2.35 bits per heavy atom. The van der Waals surface area contributed by atoms with Crippen LogP contribution in [0.5, 0.6) is 11.5 Å². The smallest absolute Gasteiger partial charge is 0.416 e. The first-order valence-electron chi connectivity index (χ1n) is 6.05. The quantitative estimate of drug-likeness (QED) is 0.674. The second-order valence-corrected chi connectivity index (χ2v) is 4.37. The van der Waals surface area contributed by atoms with Gasteiger partial charge in [0.2, 0.25) is 0 Å². The van der Waals surface area contributed by atoms with Gasteiger partial charge in [-0.2, -0.15) is 13.2 Å². The number of carboxylic acid groups (broad SMARTS) is 1. The molecule has 2 rings (SSSR count). The third-order valence-electron chi connectivity index (χ3n) is 2.79.